The lowest BCUT2D eigenvalue weighted by Gasteiger charge is -2.08. The van der Waals surface area contributed by atoms with E-state index in [1.807, 2.05) is 32.0 Å². The van der Waals surface area contributed by atoms with Gasteiger partial charge >= 0.3 is 0 Å². The summed E-state index contributed by atoms with van der Waals surface area (Å²) in [6.45, 7) is 5.65. The van der Waals surface area contributed by atoms with Gasteiger partial charge in [-0.15, -0.1) is 0 Å². The first kappa shape index (κ1) is 17.5. The maximum Gasteiger partial charge on any atom is 0.240 e. The topological polar surface area (TPSA) is 83.7 Å². The van der Waals surface area contributed by atoms with Crippen LogP contribution in [0.5, 0.6) is 0 Å². The van der Waals surface area contributed by atoms with Crippen LogP contribution in [0.15, 0.2) is 46.1 Å². The zero-order valence-electron chi connectivity index (χ0n) is 14.1. The Morgan fingerprint density at radius 1 is 1.12 bits per heavy atom. The highest BCUT2D eigenvalue weighted by Crippen LogP contribution is 2.16. The van der Waals surface area contributed by atoms with Gasteiger partial charge in [-0.1, -0.05) is 17.7 Å². The number of carbonyl (C=O) groups excluding carboxylic acids is 2. The van der Waals surface area contributed by atoms with Gasteiger partial charge in [0.25, 0.3) is 0 Å². The summed E-state index contributed by atoms with van der Waals surface area (Å²) in [5.74, 6) is 0.0587. The van der Waals surface area contributed by atoms with E-state index in [0.717, 1.165) is 16.8 Å². The number of nitrogens with zero attached hydrogens (tertiary/aromatic N) is 1. The van der Waals surface area contributed by atoms with Crippen molar-refractivity contribution in [1.82, 2.24) is 5.43 Å². The average Bonchev–Trinajstić information content (AvgIpc) is 3.08. The van der Waals surface area contributed by atoms with Gasteiger partial charge in [-0.2, -0.15) is 5.10 Å². The van der Waals surface area contributed by atoms with Gasteiger partial charge in [0, 0.05) is 18.5 Å². The fourth-order valence-electron chi connectivity index (χ4n) is 2.14. The number of hydrazone groups is 1. The Hall–Kier alpha value is -2.89. The molecule has 126 valence electrons. The number of furan rings is 1. The van der Waals surface area contributed by atoms with E-state index >= 15 is 0 Å². The van der Waals surface area contributed by atoms with Crippen molar-refractivity contribution in [3.05, 3.63) is 53.5 Å². The highest BCUT2D eigenvalue weighted by atomic mass is 16.3. The summed E-state index contributed by atoms with van der Waals surface area (Å²) >= 11 is 0. The average molecular weight is 327 g/mol. The zero-order chi connectivity index (χ0) is 17.5. The number of rotatable bonds is 6. The van der Waals surface area contributed by atoms with Crippen LogP contribution in [0.3, 0.4) is 0 Å². The third-order valence-corrected chi connectivity index (χ3v) is 3.46. The van der Waals surface area contributed by atoms with E-state index in [0.29, 0.717) is 11.5 Å². The molecule has 0 radical (unpaired) electrons. The van der Waals surface area contributed by atoms with Crippen molar-refractivity contribution in [3.63, 3.8) is 0 Å². The van der Waals surface area contributed by atoms with Crippen LogP contribution in [0.1, 0.15) is 36.7 Å². The summed E-state index contributed by atoms with van der Waals surface area (Å²) in [7, 11) is 0. The van der Waals surface area contributed by atoms with E-state index in [9.17, 15) is 9.59 Å². The van der Waals surface area contributed by atoms with Crippen molar-refractivity contribution in [2.75, 3.05) is 5.32 Å². The highest BCUT2D eigenvalue weighted by Gasteiger charge is 2.09. The molecule has 2 rings (SSSR count). The molecular formula is C18H21N3O3. The second kappa shape index (κ2) is 8.10. The molecule has 24 heavy (non-hydrogen) atoms. The molecule has 2 aromatic rings. The molecule has 0 saturated heterocycles. The second-order valence-electron chi connectivity index (χ2n) is 5.58. The Bertz CT molecular complexity index is 749. The van der Waals surface area contributed by atoms with Crippen molar-refractivity contribution in [2.45, 2.75) is 33.6 Å². The van der Waals surface area contributed by atoms with Crippen LogP contribution in [0, 0.1) is 13.8 Å². The van der Waals surface area contributed by atoms with E-state index in [2.05, 4.69) is 15.8 Å². The normalized spacial score (nSPS) is 11.2. The molecule has 0 unspecified atom stereocenters. The lowest BCUT2D eigenvalue weighted by atomic mass is 10.1. The summed E-state index contributed by atoms with van der Waals surface area (Å²) in [6, 6.07) is 9.28. The third-order valence-electron chi connectivity index (χ3n) is 3.46. The molecule has 2 amide bonds. The van der Waals surface area contributed by atoms with Crippen molar-refractivity contribution in [2.24, 2.45) is 5.10 Å². The predicted molar refractivity (Wildman–Crippen MR) is 92.8 cm³/mol. The Labute approximate surface area is 140 Å². The maximum atomic E-state index is 11.9. The number of amides is 2. The summed E-state index contributed by atoms with van der Waals surface area (Å²) in [4.78, 5) is 23.7. The molecule has 6 heteroatoms. The van der Waals surface area contributed by atoms with Crippen LogP contribution in [-0.4, -0.2) is 17.5 Å². The van der Waals surface area contributed by atoms with Crippen molar-refractivity contribution >= 4 is 23.2 Å². The van der Waals surface area contributed by atoms with Crippen LogP contribution in [0.25, 0.3) is 0 Å². The first-order valence-corrected chi connectivity index (χ1v) is 7.70. The minimum absolute atomic E-state index is 0.0612. The number of anilines is 1. The minimum atomic E-state index is -0.323. The molecule has 0 spiro atoms. The Morgan fingerprint density at radius 2 is 1.88 bits per heavy atom. The Morgan fingerprint density at radius 3 is 2.54 bits per heavy atom. The monoisotopic (exact) mass is 327 g/mol. The zero-order valence-corrected chi connectivity index (χ0v) is 14.1. The van der Waals surface area contributed by atoms with Crippen LogP contribution < -0.4 is 10.7 Å². The molecule has 0 aliphatic heterocycles. The maximum absolute atomic E-state index is 11.9. The van der Waals surface area contributed by atoms with E-state index in [1.165, 1.54) is 6.26 Å². The lowest BCUT2D eigenvalue weighted by Crippen LogP contribution is -2.21. The molecule has 0 fully saturated rings. The molecule has 0 saturated carbocycles. The van der Waals surface area contributed by atoms with Crippen molar-refractivity contribution < 1.29 is 14.0 Å². The molecule has 0 atom stereocenters. The number of hydrogen-bond acceptors (Lipinski definition) is 4. The molecule has 0 aliphatic carbocycles. The predicted octanol–water partition coefficient (Wildman–Crippen LogP) is 3.16. The van der Waals surface area contributed by atoms with Crippen molar-refractivity contribution in [1.29, 1.82) is 0 Å². The summed E-state index contributed by atoms with van der Waals surface area (Å²) in [5, 5.41) is 6.75. The van der Waals surface area contributed by atoms with E-state index < -0.39 is 0 Å². The van der Waals surface area contributed by atoms with Crippen LogP contribution >= 0.6 is 0 Å². The fourth-order valence-corrected chi connectivity index (χ4v) is 2.14. The van der Waals surface area contributed by atoms with Crippen molar-refractivity contribution in [3.8, 4) is 0 Å². The van der Waals surface area contributed by atoms with Crippen LogP contribution in [0.2, 0.25) is 0 Å². The van der Waals surface area contributed by atoms with E-state index in [1.54, 1.807) is 19.1 Å². The van der Waals surface area contributed by atoms with Crippen LogP contribution in [0.4, 0.5) is 5.69 Å². The first-order valence-electron chi connectivity index (χ1n) is 7.70. The van der Waals surface area contributed by atoms with Gasteiger partial charge in [0.1, 0.15) is 11.5 Å². The molecule has 0 aliphatic rings. The van der Waals surface area contributed by atoms with Gasteiger partial charge < -0.3 is 9.73 Å². The number of benzene rings is 1. The smallest absolute Gasteiger partial charge is 0.240 e. The first-order chi connectivity index (χ1) is 11.5. The molecule has 6 nitrogen and oxygen atoms in total. The number of carbonyl (C=O) groups is 2. The lowest BCUT2D eigenvalue weighted by molar-refractivity contribution is -0.124. The molecule has 1 aromatic heterocycles. The van der Waals surface area contributed by atoms with Crippen LogP contribution in [-0.2, 0) is 9.59 Å². The second-order valence-corrected chi connectivity index (χ2v) is 5.58. The summed E-state index contributed by atoms with van der Waals surface area (Å²) in [6.07, 6.45) is 1.69. The molecule has 0 bridgehead atoms. The SMILES string of the molecule is C/C(=N\NC(=O)CCC(=O)Nc1ccc(C)cc1C)c1ccco1. The van der Waals surface area contributed by atoms with E-state index in [4.69, 9.17) is 4.42 Å². The summed E-state index contributed by atoms with van der Waals surface area (Å²) in [5.41, 5.74) is 5.87. The van der Waals surface area contributed by atoms with Gasteiger partial charge in [0.2, 0.25) is 11.8 Å². The number of aryl methyl sites for hydroxylation is 2. The third kappa shape index (κ3) is 5.08. The highest BCUT2D eigenvalue weighted by molar-refractivity contribution is 5.97. The van der Waals surface area contributed by atoms with Gasteiger partial charge in [0.05, 0.1) is 6.26 Å². The van der Waals surface area contributed by atoms with Gasteiger partial charge in [0.15, 0.2) is 0 Å². The quantitative estimate of drug-likeness (QED) is 0.631. The molecule has 1 aromatic carbocycles. The molecule has 1 heterocycles. The largest absolute Gasteiger partial charge is 0.463 e. The van der Waals surface area contributed by atoms with Gasteiger partial charge in [-0.05, 0) is 44.5 Å². The van der Waals surface area contributed by atoms with E-state index in [-0.39, 0.29) is 24.7 Å². The standard InChI is InChI=1S/C18H21N3O3/c1-12-6-7-15(13(2)11-12)19-17(22)8-9-18(23)21-20-14(3)16-5-4-10-24-16/h4-7,10-11H,8-9H2,1-3H3,(H,19,22)(H,21,23)/b20-14+. The molecule has 2 N–H and O–H groups in total. The van der Waals surface area contributed by atoms with Gasteiger partial charge in [-0.3, -0.25) is 9.59 Å². The number of hydrogen-bond donors (Lipinski definition) is 2. The summed E-state index contributed by atoms with van der Waals surface area (Å²) < 4.78 is 5.17. The minimum Gasteiger partial charge on any atom is -0.463 e. The Balaban J connectivity index is 1.79. The number of nitrogens with one attached hydrogen (secondary N) is 2. The Kier molecular flexibility index (Phi) is 5.89. The fraction of sp³-hybridized carbons (Fsp3) is 0.278. The van der Waals surface area contributed by atoms with Gasteiger partial charge in [-0.25, -0.2) is 5.43 Å². The molecular weight excluding hydrogens is 306 g/mol.